The molecule has 74 heavy (non-hydrogen) atoms. The third-order valence-corrected chi connectivity index (χ3v) is 16.8. The second kappa shape index (κ2) is 53.7. The molecular weight excluding hydrogens is 909 g/mol. The lowest BCUT2D eigenvalue weighted by atomic mass is 9.79. The van der Waals surface area contributed by atoms with Gasteiger partial charge in [0.25, 0.3) is 0 Å². The number of hydrogen-bond donors (Lipinski definition) is 1. The summed E-state index contributed by atoms with van der Waals surface area (Å²) in [7, 11) is 0. The summed E-state index contributed by atoms with van der Waals surface area (Å²) in [5.41, 5.74) is 1.90. The second-order valence-corrected chi connectivity index (χ2v) is 23.8. The topological polar surface area (TPSA) is 65.0 Å². The highest BCUT2D eigenvalue weighted by Gasteiger charge is 2.42. The molecule has 0 saturated heterocycles. The molecule has 2 unspecified atom stereocenters. The molecule has 1 aliphatic carbocycles. The number of Topliss-reactive ketones (excluding diaryl/α,β-unsaturated/α-hetero) is 1. The van der Waals surface area contributed by atoms with Gasteiger partial charge < -0.3 is 19.3 Å². The molecule has 1 saturated carbocycles. The van der Waals surface area contributed by atoms with E-state index in [1.54, 1.807) is 0 Å². The number of aliphatic hydroxyl groups excluding tert-OH is 1. The van der Waals surface area contributed by atoms with Crippen LogP contribution < -0.4 is 0 Å². The second-order valence-electron chi connectivity index (χ2n) is 23.8. The molecule has 2 atom stereocenters. The van der Waals surface area contributed by atoms with Crippen LogP contribution in [-0.2, 0) is 32.0 Å². The van der Waals surface area contributed by atoms with Crippen LogP contribution in [0.3, 0.4) is 0 Å². The van der Waals surface area contributed by atoms with Crippen molar-refractivity contribution < 1.29 is 24.1 Å². The van der Waals surface area contributed by atoms with E-state index < -0.39 is 0 Å². The van der Waals surface area contributed by atoms with Crippen molar-refractivity contribution in [2.24, 2.45) is 5.92 Å². The molecule has 2 rings (SSSR count). The Kier molecular flexibility index (Phi) is 50.0. The molecule has 0 amide bonds. The number of hydrogen-bond acceptors (Lipinski definition) is 5. The zero-order valence-corrected chi connectivity index (χ0v) is 50.1. The smallest absolute Gasteiger partial charge is 0.140 e. The van der Waals surface area contributed by atoms with Gasteiger partial charge >= 0.3 is 0 Å². The fourth-order valence-corrected chi connectivity index (χ4v) is 11.7. The Morgan fingerprint density at radius 2 is 0.581 bits per heavy atom. The van der Waals surface area contributed by atoms with Crippen molar-refractivity contribution in [3.8, 4) is 0 Å². The SMILES string of the molecule is CCCCCCCCCCCCCCCCCCOC1CC(C(=O)Cc2ccc(CO)cc2)CC(OCCCCCCCCCCCCCCCCCC)C1OCCCCCCCCCCCCCCCCCC. The van der Waals surface area contributed by atoms with E-state index >= 15 is 0 Å². The average molecular weight is 1040 g/mol. The first kappa shape index (κ1) is 68.8. The van der Waals surface area contributed by atoms with Crippen molar-refractivity contribution in [1.82, 2.24) is 0 Å². The molecule has 1 fully saturated rings. The van der Waals surface area contributed by atoms with E-state index in [0.717, 1.165) is 63.1 Å². The summed E-state index contributed by atoms with van der Waals surface area (Å²) >= 11 is 0. The molecule has 1 aromatic carbocycles. The maximum atomic E-state index is 14.1. The molecule has 1 aliphatic rings. The molecule has 0 radical (unpaired) electrons. The lowest BCUT2D eigenvalue weighted by Crippen LogP contribution is -2.50. The van der Waals surface area contributed by atoms with E-state index in [1.165, 1.54) is 289 Å². The van der Waals surface area contributed by atoms with Crippen LogP contribution in [0.2, 0.25) is 0 Å². The standard InChI is InChI=1S/C69H128O5/c1-4-7-10-13-16-19-22-25-28-31-34-37-40-43-46-49-56-72-67-60-65(66(71)59-63-52-54-64(62-70)55-53-63)61-68(73-57-50-47-44-41-38-35-32-29-26-23-20-17-14-11-8-5-2)69(67)74-58-51-48-45-42-39-36-33-30-27-24-21-18-15-12-9-6-3/h52-55,65,67-70H,4-51,56-62H2,1-3H3. The maximum Gasteiger partial charge on any atom is 0.140 e. The molecule has 434 valence electrons. The highest BCUT2D eigenvalue weighted by Crippen LogP contribution is 2.34. The van der Waals surface area contributed by atoms with E-state index in [-0.39, 0.29) is 36.6 Å². The summed E-state index contributed by atoms with van der Waals surface area (Å²) in [6.07, 6.45) is 66.9. The van der Waals surface area contributed by atoms with Crippen LogP contribution in [0.1, 0.15) is 353 Å². The molecule has 0 aromatic heterocycles. The van der Waals surface area contributed by atoms with E-state index in [4.69, 9.17) is 14.2 Å². The fourth-order valence-electron chi connectivity index (χ4n) is 11.7. The van der Waals surface area contributed by atoms with E-state index in [2.05, 4.69) is 20.8 Å². The van der Waals surface area contributed by atoms with Crippen LogP contribution in [0.25, 0.3) is 0 Å². The summed E-state index contributed by atoms with van der Waals surface area (Å²) in [5, 5.41) is 9.61. The lowest BCUT2D eigenvalue weighted by molar-refractivity contribution is -0.173. The average Bonchev–Trinajstić information content (AvgIpc) is 3.41. The summed E-state index contributed by atoms with van der Waals surface area (Å²) in [4.78, 5) is 14.1. The quantitative estimate of drug-likeness (QED) is 0.0659. The molecule has 0 spiro atoms. The number of benzene rings is 1. The summed E-state index contributed by atoms with van der Waals surface area (Å²) in [6, 6.07) is 7.90. The van der Waals surface area contributed by atoms with Crippen LogP contribution in [-0.4, -0.2) is 49.0 Å². The first-order chi connectivity index (χ1) is 36.6. The minimum Gasteiger partial charge on any atom is -0.392 e. The Balaban J connectivity index is 1.85. The number of unbranched alkanes of at least 4 members (excludes halogenated alkanes) is 45. The number of rotatable bonds is 58. The first-order valence-electron chi connectivity index (χ1n) is 33.7. The molecule has 1 N–H and O–H groups in total. The largest absolute Gasteiger partial charge is 0.392 e. The molecule has 0 bridgehead atoms. The minimum atomic E-state index is -0.124. The monoisotopic (exact) mass is 1040 g/mol. The van der Waals surface area contributed by atoms with Gasteiger partial charge in [0.05, 0.1) is 18.8 Å². The van der Waals surface area contributed by atoms with Crippen molar-refractivity contribution in [3.63, 3.8) is 0 Å². The van der Waals surface area contributed by atoms with Gasteiger partial charge in [0.1, 0.15) is 11.9 Å². The van der Waals surface area contributed by atoms with Gasteiger partial charge in [-0.05, 0) is 43.2 Å². The number of carbonyl (C=O) groups excluding carboxylic acids is 1. The minimum absolute atomic E-state index is 0.0223. The molecular formula is C69H128O5. The van der Waals surface area contributed by atoms with Gasteiger partial charge in [0.15, 0.2) is 0 Å². The van der Waals surface area contributed by atoms with Crippen LogP contribution in [0.5, 0.6) is 0 Å². The van der Waals surface area contributed by atoms with Crippen molar-refractivity contribution in [1.29, 1.82) is 0 Å². The molecule has 5 heteroatoms. The maximum absolute atomic E-state index is 14.1. The van der Waals surface area contributed by atoms with Gasteiger partial charge in [0, 0.05) is 32.2 Å². The van der Waals surface area contributed by atoms with Gasteiger partial charge in [-0.1, -0.05) is 334 Å². The van der Waals surface area contributed by atoms with Crippen LogP contribution in [0.15, 0.2) is 24.3 Å². The normalized spacial score (nSPS) is 16.9. The first-order valence-corrected chi connectivity index (χ1v) is 33.7. The molecule has 5 nitrogen and oxygen atoms in total. The third-order valence-electron chi connectivity index (χ3n) is 16.8. The summed E-state index contributed by atoms with van der Waals surface area (Å²) in [6.45, 7) is 9.14. The number of aliphatic hydroxyl groups is 1. The van der Waals surface area contributed by atoms with Crippen LogP contribution >= 0.6 is 0 Å². The molecule has 0 heterocycles. The highest BCUT2D eigenvalue weighted by atomic mass is 16.6. The zero-order chi connectivity index (χ0) is 52.9. The predicted molar refractivity (Wildman–Crippen MR) is 322 cm³/mol. The van der Waals surface area contributed by atoms with Crippen molar-refractivity contribution >= 4 is 5.78 Å². The van der Waals surface area contributed by atoms with Crippen LogP contribution in [0, 0.1) is 5.92 Å². The Labute approximate surface area is 462 Å². The van der Waals surface area contributed by atoms with E-state index in [9.17, 15) is 9.90 Å². The number of carbonyl (C=O) groups is 1. The van der Waals surface area contributed by atoms with Crippen molar-refractivity contribution in [3.05, 3.63) is 35.4 Å². The van der Waals surface area contributed by atoms with Gasteiger partial charge in [-0.15, -0.1) is 0 Å². The Morgan fingerprint density at radius 1 is 0.351 bits per heavy atom. The Hall–Kier alpha value is -1.27. The summed E-state index contributed by atoms with van der Waals surface area (Å²) in [5.74, 6) is 0.180. The molecule has 0 aliphatic heterocycles. The number of ether oxygens (including phenoxy) is 3. The third kappa shape index (κ3) is 40.9. The fraction of sp³-hybridized carbons (Fsp3) is 0.899. The Morgan fingerprint density at radius 3 is 0.838 bits per heavy atom. The van der Waals surface area contributed by atoms with Crippen molar-refractivity contribution in [2.75, 3.05) is 19.8 Å². The van der Waals surface area contributed by atoms with Crippen molar-refractivity contribution in [2.45, 2.75) is 373 Å². The summed E-state index contributed by atoms with van der Waals surface area (Å²) < 4.78 is 20.6. The van der Waals surface area contributed by atoms with Gasteiger partial charge in [0.2, 0.25) is 0 Å². The van der Waals surface area contributed by atoms with E-state index in [0.29, 0.717) is 6.42 Å². The zero-order valence-electron chi connectivity index (χ0n) is 50.1. The number of ketones is 1. The van der Waals surface area contributed by atoms with Gasteiger partial charge in [-0.25, -0.2) is 0 Å². The lowest BCUT2D eigenvalue weighted by Gasteiger charge is -2.41. The van der Waals surface area contributed by atoms with E-state index in [1.807, 2.05) is 24.3 Å². The Bertz CT molecular complexity index is 1230. The predicted octanol–water partition coefficient (Wildman–Crippen LogP) is 21.6. The van der Waals surface area contributed by atoms with Gasteiger partial charge in [-0.2, -0.15) is 0 Å². The van der Waals surface area contributed by atoms with Crippen LogP contribution in [0.4, 0.5) is 0 Å². The highest BCUT2D eigenvalue weighted by molar-refractivity contribution is 5.83. The van der Waals surface area contributed by atoms with Gasteiger partial charge in [-0.3, -0.25) is 4.79 Å². The molecule has 1 aromatic rings.